The number of piperidine rings is 1. The Hall–Kier alpha value is -1.89. The molecule has 1 saturated heterocycles. The zero-order valence-electron chi connectivity index (χ0n) is 13.6. The summed E-state index contributed by atoms with van der Waals surface area (Å²) >= 11 is 0. The molecule has 0 aliphatic carbocycles. The summed E-state index contributed by atoms with van der Waals surface area (Å²) in [6, 6.07) is 6.06. The molecular formula is C16H23N3O3S. The Labute approximate surface area is 137 Å². The summed E-state index contributed by atoms with van der Waals surface area (Å²) in [6.07, 6.45) is 3.92. The SMILES string of the molecule is CC/C(=N\S(=O)(=O)c1ccc(NC(C)=O)cc1)N1CCCCC1. The van der Waals surface area contributed by atoms with Crippen molar-refractivity contribution < 1.29 is 13.2 Å². The van der Waals surface area contributed by atoms with E-state index in [4.69, 9.17) is 0 Å². The molecule has 0 bridgehead atoms. The van der Waals surface area contributed by atoms with Crippen LogP contribution in [-0.2, 0) is 14.8 Å². The van der Waals surface area contributed by atoms with Gasteiger partial charge in [0.25, 0.3) is 10.0 Å². The minimum atomic E-state index is -3.73. The molecule has 0 aromatic heterocycles. The second kappa shape index (κ2) is 7.59. The lowest BCUT2D eigenvalue weighted by atomic mass is 10.1. The Morgan fingerprint density at radius 1 is 1.17 bits per heavy atom. The molecule has 1 aromatic rings. The lowest BCUT2D eigenvalue weighted by molar-refractivity contribution is -0.114. The van der Waals surface area contributed by atoms with Crippen molar-refractivity contribution in [3.63, 3.8) is 0 Å². The maximum Gasteiger partial charge on any atom is 0.283 e. The summed E-state index contributed by atoms with van der Waals surface area (Å²) in [7, 11) is -3.73. The molecule has 23 heavy (non-hydrogen) atoms. The van der Waals surface area contributed by atoms with Crippen molar-refractivity contribution in [3.8, 4) is 0 Å². The molecule has 0 radical (unpaired) electrons. The predicted octanol–water partition coefficient (Wildman–Crippen LogP) is 2.63. The van der Waals surface area contributed by atoms with Gasteiger partial charge in [-0.2, -0.15) is 8.42 Å². The highest BCUT2D eigenvalue weighted by Crippen LogP contribution is 2.18. The fourth-order valence-corrected chi connectivity index (χ4v) is 3.71. The number of amidine groups is 1. The first-order chi connectivity index (χ1) is 10.9. The van der Waals surface area contributed by atoms with Gasteiger partial charge in [-0.15, -0.1) is 4.40 Å². The van der Waals surface area contributed by atoms with Gasteiger partial charge in [-0.3, -0.25) is 4.79 Å². The van der Waals surface area contributed by atoms with Crippen LogP contribution < -0.4 is 5.32 Å². The van der Waals surface area contributed by atoms with Crippen LogP contribution in [-0.4, -0.2) is 38.2 Å². The molecule has 0 spiro atoms. The second-order valence-corrected chi connectivity index (χ2v) is 7.19. The van der Waals surface area contributed by atoms with Gasteiger partial charge in [0.1, 0.15) is 5.84 Å². The number of hydrogen-bond acceptors (Lipinski definition) is 3. The molecule has 2 rings (SSSR count). The van der Waals surface area contributed by atoms with Gasteiger partial charge in [0.05, 0.1) is 4.90 Å². The van der Waals surface area contributed by atoms with Crippen molar-refractivity contribution in [2.75, 3.05) is 18.4 Å². The number of carbonyl (C=O) groups is 1. The summed E-state index contributed by atoms with van der Waals surface area (Å²) in [5.41, 5.74) is 0.562. The Morgan fingerprint density at radius 3 is 2.30 bits per heavy atom. The number of nitrogens with one attached hydrogen (secondary N) is 1. The topological polar surface area (TPSA) is 78.8 Å². The number of likely N-dealkylation sites (tertiary alicyclic amines) is 1. The molecule has 7 heteroatoms. The highest BCUT2D eigenvalue weighted by atomic mass is 32.2. The molecule has 0 saturated carbocycles. The van der Waals surface area contributed by atoms with Gasteiger partial charge in [-0.05, 0) is 43.5 Å². The number of carbonyl (C=O) groups excluding carboxylic acids is 1. The molecule has 1 fully saturated rings. The highest BCUT2D eigenvalue weighted by molar-refractivity contribution is 7.90. The lowest BCUT2D eigenvalue weighted by Gasteiger charge is -2.29. The van der Waals surface area contributed by atoms with Crippen LogP contribution in [0.3, 0.4) is 0 Å². The fraction of sp³-hybridized carbons (Fsp3) is 0.500. The largest absolute Gasteiger partial charge is 0.359 e. The van der Waals surface area contributed by atoms with E-state index in [-0.39, 0.29) is 10.8 Å². The Balaban J connectivity index is 2.22. The zero-order chi connectivity index (χ0) is 16.9. The monoisotopic (exact) mass is 337 g/mol. The third-order valence-electron chi connectivity index (χ3n) is 3.74. The summed E-state index contributed by atoms with van der Waals surface area (Å²) in [5.74, 6) is 0.424. The maximum absolute atomic E-state index is 12.5. The maximum atomic E-state index is 12.5. The number of benzene rings is 1. The Kier molecular flexibility index (Phi) is 5.76. The molecule has 1 amide bonds. The van der Waals surface area contributed by atoms with Crippen LogP contribution in [0.1, 0.15) is 39.5 Å². The van der Waals surface area contributed by atoms with E-state index in [0.29, 0.717) is 17.9 Å². The summed E-state index contributed by atoms with van der Waals surface area (Å²) in [6.45, 7) is 5.05. The molecule has 6 nitrogen and oxygen atoms in total. The number of anilines is 1. The summed E-state index contributed by atoms with van der Waals surface area (Å²) in [5, 5.41) is 2.61. The van der Waals surface area contributed by atoms with E-state index >= 15 is 0 Å². The predicted molar refractivity (Wildman–Crippen MR) is 91.1 cm³/mol. The van der Waals surface area contributed by atoms with Crippen molar-refractivity contribution in [2.24, 2.45) is 4.40 Å². The van der Waals surface area contributed by atoms with Crippen LogP contribution in [0, 0.1) is 0 Å². The highest BCUT2D eigenvalue weighted by Gasteiger charge is 2.19. The number of hydrogen-bond donors (Lipinski definition) is 1. The molecule has 1 aliphatic rings. The van der Waals surface area contributed by atoms with Crippen LogP contribution in [0.4, 0.5) is 5.69 Å². The van der Waals surface area contributed by atoms with Crippen LogP contribution in [0.15, 0.2) is 33.6 Å². The van der Waals surface area contributed by atoms with Gasteiger partial charge in [0.2, 0.25) is 5.91 Å². The van der Waals surface area contributed by atoms with Gasteiger partial charge in [-0.1, -0.05) is 6.92 Å². The Bertz CT molecular complexity index is 675. The van der Waals surface area contributed by atoms with E-state index in [0.717, 1.165) is 25.9 Å². The molecule has 1 aliphatic heterocycles. The smallest absolute Gasteiger partial charge is 0.283 e. The van der Waals surface area contributed by atoms with Crippen LogP contribution in [0.2, 0.25) is 0 Å². The first-order valence-electron chi connectivity index (χ1n) is 7.89. The van der Waals surface area contributed by atoms with E-state index in [9.17, 15) is 13.2 Å². The van der Waals surface area contributed by atoms with Gasteiger partial charge >= 0.3 is 0 Å². The molecule has 0 atom stereocenters. The standard InChI is InChI=1S/C16H23N3O3S/c1-3-16(19-11-5-4-6-12-19)18-23(21,22)15-9-7-14(8-10-15)17-13(2)20/h7-10H,3-6,11-12H2,1-2H3,(H,17,20)/b18-16+. The second-order valence-electron chi connectivity index (χ2n) is 5.59. The minimum absolute atomic E-state index is 0.134. The van der Waals surface area contributed by atoms with Crippen molar-refractivity contribution in [1.29, 1.82) is 0 Å². The fourth-order valence-electron chi connectivity index (χ4n) is 2.60. The van der Waals surface area contributed by atoms with Crippen molar-refractivity contribution in [1.82, 2.24) is 4.90 Å². The molecule has 1 N–H and O–H groups in total. The van der Waals surface area contributed by atoms with E-state index in [1.807, 2.05) is 6.92 Å². The van der Waals surface area contributed by atoms with Crippen molar-refractivity contribution in [3.05, 3.63) is 24.3 Å². The summed E-state index contributed by atoms with van der Waals surface area (Å²) < 4.78 is 29.0. The quantitative estimate of drug-likeness (QED) is 0.676. The third-order valence-corrected chi connectivity index (χ3v) is 5.05. The first kappa shape index (κ1) is 17.5. The molecule has 0 unspecified atom stereocenters. The minimum Gasteiger partial charge on any atom is -0.359 e. The first-order valence-corrected chi connectivity index (χ1v) is 9.33. The molecule has 126 valence electrons. The van der Waals surface area contributed by atoms with Crippen molar-refractivity contribution >= 4 is 27.5 Å². The average molecular weight is 337 g/mol. The Morgan fingerprint density at radius 2 is 1.78 bits per heavy atom. The van der Waals surface area contributed by atoms with E-state index in [1.54, 1.807) is 12.1 Å². The molecular weight excluding hydrogens is 314 g/mol. The van der Waals surface area contributed by atoms with Gasteiger partial charge in [0, 0.05) is 32.1 Å². The normalized spacial score (nSPS) is 16.3. The third kappa shape index (κ3) is 4.79. The van der Waals surface area contributed by atoms with Crippen LogP contribution >= 0.6 is 0 Å². The van der Waals surface area contributed by atoms with Gasteiger partial charge in [-0.25, -0.2) is 0 Å². The molecule has 1 aromatic carbocycles. The van der Waals surface area contributed by atoms with E-state index < -0.39 is 10.0 Å². The van der Waals surface area contributed by atoms with Gasteiger partial charge < -0.3 is 10.2 Å². The van der Waals surface area contributed by atoms with Crippen LogP contribution in [0.25, 0.3) is 0 Å². The van der Waals surface area contributed by atoms with Crippen LogP contribution in [0.5, 0.6) is 0 Å². The average Bonchev–Trinajstić information content (AvgIpc) is 2.53. The number of amides is 1. The van der Waals surface area contributed by atoms with Gasteiger partial charge in [0.15, 0.2) is 0 Å². The molecule has 1 heterocycles. The number of rotatable bonds is 4. The van der Waals surface area contributed by atoms with Crippen molar-refractivity contribution in [2.45, 2.75) is 44.4 Å². The lowest BCUT2D eigenvalue weighted by Crippen LogP contribution is -2.35. The number of sulfonamides is 1. The summed E-state index contributed by atoms with van der Waals surface area (Å²) in [4.78, 5) is 13.2. The van der Waals surface area contributed by atoms with E-state index in [2.05, 4.69) is 14.6 Å². The number of nitrogens with zero attached hydrogens (tertiary/aromatic N) is 2. The zero-order valence-corrected chi connectivity index (χ0v) is 14.4. The van der Waals surface area contributed by atoms with E-state index in [1.165, 1.54) is 25.5 Å².